The number of benzene rings is 1. The first kappa shape index (κ1) is 12.7. The number of nitrogens with zero attached hydrogens (tertiary/aromatic N) is 2. The Labute approximate surface area is 118 Å². The van der Waals surface area contributed by atoms with E-state index in [2.05, 4.69) is 9.98 Å². The molecule has 0 unspecified atom stereocenters. The van der Waals surface area contributed by atoms with Gasteiger partial charge in [0.1, 0.15) is 5.82 Å². The normalized spacial score (nSPS) is 16.4. The van der Waals surface area contributed by atoms with Crippen molar-refractivity contribution >= 4 is 29.3 Å². The van der Waals surface area contributed by atoms with Crippen LogP contribution in [0.15, 0.2) is 40.3 Å². The number of esters is 1. The van der Waals surface area contributed by atoms with E-state index in [-0.39, 0.29) is 17.2 Å². The fraction of sp³-hybridized carbons (Fsp3) is 0.0714. The first-order valence-corrected chi connectivity index (χ1v) is 6.71. The lowest BCUT2D eigenvalue weighted by molar-refractivity contribution is -0.129. The molecule has 1 aromatic carbocycles. The van der Waals surface area contributed by atoms with Gasteiger partial charge in [0.15, 0.2) is 5.70 Å². The molecule has 1 aromatic heterocycles. The average molecular weight is 288 g/mol. The fourth-order valence-corrected chi connectivity index (χ4v) is 2.32. The quantitative estimate of drug-likeness (QED) is 0.630. The molecule has 100 valence electrons. The zero-order chi connectivity index (χ0) is 14.1. The number of hydrogen-bond acceptors (Lipinski definition) is 5. The lowest BCUT2D eigenvalue weighted by Crippen LogP contribution is -2.07. The van der Waals surface area contributed by atoms with E-state index in [0.29, 0.717) is 5.69 Å². The van der Waals surface area contributed by atoms with E-state index in [1.165, 1.54) is 29.5 Å². The van der Waals surface area contributed by atoms with Crippen LogP contribution in [0.3, 0.4) is 0 Å². The van der Waals surface area contributed by atoms with Crippen molar-refractivity contribution in [3.8, 4) is 0 Å². The van der Waals surface area contributed by atoms with Crippen LogP contribution in [0.5, 0.6) is 0 Å². The van der Waals surface area contributed by atoms with E-state index < -0.39 is 11.8 Å². The number of aryl methyl sites for hydroxylation is 1. The van der Waals surface area contributed by atoms with Crippen molar-refractivity contribution in [3.63, 3.8) is 0 Å². The molecule has 0 N–H and O–H groups in total. The lowest BCUT2D eigenvalue weighted by atomic mass is 10.2. The smallest absolute Gasteiger partial charge is 0.363 e. The predicted molar refractivity (Wildman–Crippen MR) is 73.9 cm³/mol. The molecule has 0 saturated heterocycles. The molecule has 0 aliphatic carbocycles. The van der Waals surface area contributed by atoms with Gasteiger partial charge in [0.25, 0.3) is 0 Å². The highest BCUT2D eigenvalue weighted by Gasteiger charge is 2.26. The van der Waals surface area contributed by atoms with E-state index in [1.54, 1.807) is 12.1 Å². The molecular formula is C14H9FN2O2S. The zero-order valence-corrected chi connectivity index (χ0v) is 11.3. The van der Waals surface area contributed by atoms with E-state index in [9.17, 15) is 9.18 Å². The van der Waals surface area contributed by atoms with Gasteiger partial charge in [0, 0.05) is 5.38 Å². The molecule has 0 fully saturated rings. The molecule has 1 aliphatic heterocycles. The number of carbonyl (C=O) groups is 1. The molecule has 2 heterocycles. The zero-order valence-electron chi connectivity index (χ0n) is 10.5. The number of hydrogen-bond donors (Lipinski definition) is 0. The maximum atomic E-state index is 13.6. The van der Waals surface area contributed by atoms with Gasteiger partial charge in [-0.15, -0.1) is 11.3 Å². The summed E-state index contributed by atoms with van der Waals surface area (Å²) in [4.78, 5) is 20.0. The topological polar surface area (TPSA) is 51.6 Å². The minimum absolute atomic E-state index is 0.0219. The summed E-state index contributed by atoms with van der Waals surface area (Å²) in [6.45, 7) is 1.87. The Bertz CT molecular complexity index is 749. The van der Waals surface area contributed by atoms with Crippen molar-refractivity contribution < 1.29 is 13.9 Å². The molecule has 20 heavy (non-hydrogen) atoms. The summed E-state index contributed by atoms with van der Waals surface area (Å²) in [6, 6.07) is 6.01. The summed E-state index contributed by atoms with van der Waals surface area (Å²) in [5, 5.41) is 2.70. The number of carbonyl (C=O) groups excluding carboxylic acids is 1. The van der Waals surface area contributed by atoms with Crippen LogP contribution < -0.4 is 0 Å². The van der Waals surface area contributed by atoms with Gasteiger partial charge in [-0.3, -0.25) is 0 Å². The number of ether oxygens (including phenoxy) is 1. The maximum absolute atomic E-state index is 13.6. The first-order valence-electron chi connectivity index (χ1n) is 5.83. The molecule has 0 amide bonds. The standard InChI is InChI=1S/C14H9FN2O2S/c1-8-16-9(7-20-8)6-12-14(18)19-13(17-12)10-4-2-3-5-11(10)15/h2-7H,1H3/b12-6-. The molecule has 0 saturated carbocycles. The Kier molecular flexibility index (Phi) is 3.15. The van der Waals surface area contributed by atoms with Crippen molar-refractivity contribution in [3.05, 3.63) is 57.4 Å². The summed E-state index contributed by atoms with van der Waals surface area (Å²) >= 11 is 1.47. The van der Waals surface area contributed by atoms with Crippen LogP contribution in [-0.4, -0.2) is 16.9 Å². The highest BCUT2D eigenvalue weighted by Crippen LogP contribution is 2.21. The van der Waals surface area contributed by atoms with Gasteiger partial charge in [0.2, 0.25) is 5.90 Å². The first-order chi connectivity index (χ1) is 9.63. The van der Waals surface area contributed by atoms with Gasteiger partial charge in [-0.1, -0.05) is 12.1 Å². The Hall–Kier alpha value is -2.34. The van der Waals surface area contributed by atoms with Crippen LogP contribution in [0.4, 0.5) is 4.39 Å². The minimum Gasteiger partial charge on any atom is -0.402 e. The van der Waals surface area contributed by atoms with E-state index >= 15 is 0 Å². The second-order valence-electron chi connectivity index (χ2n) is 4.11. The summed E-state index contributed by atoms with van der Waals surface area (Å²) in [7, 11) is 0. The number of cyclic esters (lactones) is 1. The Morgan fingerprint density at radius 3 is 2.85 bits per heavy atom. The largest absolute Gasteiger partial charge is 0.402 e. The average Bonchev–Trinajstić information content (AvgIpc) is 2.98. The van der Waals surface area contributed by atoms with E-state index in [1.807, 2.05) is 12.3 Å². The molecule has 4 nitrogen and oxygen atoms in total. The number of rotatable bonds is 2. The van der Waals surface area contributed by atoms with Crippen LogP contribution in [-0.2, 0) is 9.53 Å². The highest BCUT2D eigenvalue weighted by molar-refractivity contribution is 7.09. The van der Waals surface area contributed by atoms with E-state index in [4.69, 9.17) is 4.74 Å². The Morgan fingerprint density at radius 1 is 1.35 bits per heavy atom. The van der Waals surface area contributed by atoms with Crippen LogP contribution >= 0.6 is 11.3 Å². The van der Waals surface area contributed by atoms with Gasteiger partial charge in [0.05, 0.1) is 16.3 Å². The van der Waals surface area contributed by atoms with Crippen molar-refractivity contribution in [1.29, 1.82) is 0 Å². The fourth-order valence-electron chi connectivity index (χ4n) is 1.75. The van der Waals surface area contributed by atoms with Gasteiger partial charge in [-0.05, 0) is 25.1 Å². The summed E-state index contributed by atoms with van der Waals surface area (Å²) < 4.78 is 18.6. The van der Waals surface area contributed by atoms with Crippen molar-refractivity contribution in [1.82, 2.24) is 4.98 Å². The Morgan fingerprint density at radius 2 is 2.15 bits per heavy atom. The van der Waals surface area contributed by atoms with Gasteiger partial charge < -0.3 is 4.74 Å². The predicted octanol–water partition coefficient (Wildman–Crippen LogP) is 2.94. The lowest BCUT2D eigenvalue weighted by Gasteiger charge is -1.99. The second-order valence-corrected chi connectivity index (χ2v) is 5.17. The van der Waals surface area contributed by atoms with Crippen LogP contribution in [0.2, 0.25) is 0 Å². The van der Waals surface area contributed by atoms with Crippen molar-refractivity contribution in [2.45, 2.75) is 6.92 Å². The number of halogens is 1. The third-order valence-corrected chi connectivity index (χ3v) is 3.44. The number of aliphatic imine (C=N–C) groups is 1. The minimum atomic E-state index is -0.603. The summed E-state index contributed by atoms with van der Waals surface area (Å²) in [5.41, 5.74) is 0.922. The third kappa shape index (κ3) is 2.37. The molecule has 1 aliphatic rings. The SMILES string of the molecule is Cc1nc(/C=C2\N=C(c3ccccc3F)OC2=O)cs1. The van der Waals surface area contributed by atoms with E-state index in [0.717, 1.165) is 5.01 Å². The number of aromatic nitrogens is 1. The maximum Gasteiger partial charge on any atom is 0.363 e. The monoisotopic (exact) mass is 288 g/mol. The molecule has 3 rings (SSSR count). The van der Waals surface area contributed by atoms with Gasteiger partial charge in [-0.2, -0.15) is 0 Å². The Balaban J connectivity index is 1.97. The third-order valence-electron chi connectivity index (χ3n) is 2.65. The molecule has 6 heteroatoms. The second kappa shape index (κ2) is 4.97. The summed E-state index contributed by atoms with van der Waals surface area (Å²) in [6.07, 6.45) is 1.53. The molecule has 2 aromatic rings. The molecule has 0 bridgehead atoms. The summed E-state index contributed by atoms with van der Waals surface area (Å²) in [5.74, 6) is -1.11. The van der Waals surface area contributed by atoms with Crippen LogP contribution in [0, 0.1) is 12.7 Å². The molecular weight excluding hydrogens is 279 g/mol. The highest BCUT2D eigenvalue weighted by atomic mass is 32.1. The van der Waals surface area contributed by atoms with Crippen molar-refractivity contribution in [2.24, 2.45) is 4.99 Å². The molecule has 0 radical (unpaired) electrons. The number of thiazole rings is 1. The molecule has 0 spiro atoms. The molecule has 0 atom stereocenters. The van der Waals surface area contributed by atoms with Crippen LogP contribution in [0.1, 0.15) is 16.3 Å². The van der Waals surface area contributed by atoms with Crippen LogP contribution in [0.25, 0.3) is 6.08 Å². The van der Waals surface area contributed by atoms with Gasteiger partial charge >= 0.3 is 5.97 Å². The van der Waals surface area contributed by atoms with Crippen molar-refractivity contribution in [2.75, 3.05) is 0 Å². The van der Waals surface area contributed by atoms with Gasteiger partial charge in [-0.25, -0.2) is 19.2 Å².